The average molecular weight is 287 g/mol. The van der Waals surface area contributed by atoms with E-state index in [0.29, 0.717) is 6.42 Å². The van der Waals surface area contributed by atoms with Gasteiger partial charge >= 0.3 is 5.97 Å². The third-order valence-corrected chi connectivity index (χ3v) is 4.42. The van der Waals surface area contributed by atoms with Gasteiger partial charge in [-0.3, -0.25) is 4.79 Å². The van der Waals surface area contributed by atoms with Crippen molar-refractivity contribution in [3.8, 4) is 0 Å². The maximum absolute atomic E-state index is 10.7. The van der Waals surface area contributed by atoms with Gasteiger partial charge in [0.15, 0.2) is 0 Å². The van der Waals surface area contributed by atoms with Gasteiger partial charge in [-0.05, 0) is 0 Å². The SMILES string of the molecule is COC(=O)CCSCCSCCBr. The van der Waals surface area contributed by atoms with Gasteiger partial charge < -0.3 is 4.74 Å². The number of halogens is 1. The minimum absolute atomic E-state index is 0.111. The van der Waals surface area contributed by atoms with Crippen molar-refractivity contribution in [2.24, 2.45) is 0 Å². The molecule has 0 aliphatic carbocycles. The van der Waals surface area contributed by atoms with Crippen LogP contribution in [-0.2, 0) is 9.53 Å². The van der Waals surface area contributed by atoms with E-state index in [2.05, 4.69) is 20.7 Å². The quantitative estimate of drug-likeness (QED) is 0.389. The molecule has 0 bridgehead atoms. The van der Waals surface area contributed by atoms with Gasteiger partial charge in [-0.1, -0.05) is 15.9 Å². The third-order valence-electron chi connectivity index (χ3n) is 1.27. The first kappa shape index (κ1) is 13.7. The van der Waals surface area contributed by atoms with E-state index in [0.717, 1.165) is 28.3 Å². The highest BCUT2D eigenvalue weighted by molar-refractivity contribution is 9.09. The summed E-state index contributed by atoms with van der Waals surface area (Å²) in [5, 5.41) is 1.06. The standard InChI is InChI=1S/C8H15BrO2S2/c1-11-8(10)2-4-12-6-7-13-5-3-9/h2-7H2,1H3. The van der Waals surface area contributed by atoms with Crippen LogP contribution in [0, 0.1) is 0 Å². The van der Waals surface area contributed by atoms with Crippen LogP contribution in [0.3, 0.4) is 0 Å². The Labute approximate surface area is 96.7 Å². The maximum Gasteiger partial charge on any atom is 0.306 e. The highest BCUT2D eigenvalue weighted by atomic mass is 79.9. The van der Waals surface area contributed by atoms with Gasteiger partial charge in [0.1, 0.15) is 0 Å². The van der Waals surface area contributed by atoms with Gasteiger partial charge in [0.05, 0.1) is 13.5 Å². The van der Waals surface area contributed by atoms with E-state index >= 15 is 0 Å². The van der Waals surface area contributed by atoms with Crippen molar-refractivity contribution in [1.29, 1.82) is 0 Å². The topological polar surface area (TPSA) is 26.3 Å². The smallest absolute Gasteiger partial charge is 0.306 e. The molecule has 0 heterocycles. The maximum atomic E-state index is 10.7. The molecule has 0 aromatic rings. The Morgan fingerprint density at radius 3 is 2.38 bits per heavy atom. The van der Waals surface area contributed by atoms with E-state index < -0.39 is 0 Å². The molecule has 0 atom stereocenters. The summed E-state index contributed by atoms with van der Waals surface area (Å²) in [5.41, 5.74) is 0. The molecule has 78 valence electrons. The van der Waals surface area contributed by atoms with Crippen molar-refractivity contribution >= 4 is 45.4 Å². The van der Waals surface area contributed by atoms with E-state index in [1.807, 2.05) is 23.5 Å². The summed E-state index contributed by atoms with van der Waals surface area (Å²) in [6, 6.07) is 0. The van der Waals surface area contributed by atoms with Crippen LogP contribution in [0.15, 0.2) is 0 Å². The van der Waals surface area contributed by atoms with E-state index in [1.165, 1.54) is 7.11 Å². The summed E-state index contributed by atoms with van der Waals surface area (Å²) in [6.07, 6.45) is 0.532. The Morgan fingerprint density at radius 2 is 1.85 bits per heavy atom. The van der Waals surface area contributed by atoms with Gasteiger partial charge in [0.2, 0.25) is 0 Å². The number of carbonyl (C=O) groups excluding carboxylic acids is 1. The Morgan fingerprint density at radius 1 is 1.23 bits per heavy atom. The zero-order chi connectivity index (χ0) is 9.94. The zero-order valence-corrected chi connectivity index (χ0v) is 11.0. The molecule has 0 amide bonds. The summed E-state index contributed by atoms with van der Waals surface area (Å²) in [4.78, 5) is 10.7. The molecule has 13 heavy (non-hydrogen) atoms. The van der Waals surface area contributed by atoms with Crippen LogP contribution in [0.2, 0.25) is 0 Å². The highest BCUT2D eigenvalue weighted by Gasteiger charge is 1.98. The Hall–Kier alpha value is 0.650. The van der Waals surface area contributed by atoms with Crippen LogP contribution in [-0.4, -0.2) is 41.4 Å². The van der Waals surface area contributed by atoms with Crippen LogP contribution in [0.4, 0.5) is 0 Å². The molecule has 0 rings (SSSR count). The average Bonchev–Trinajstić information content (AvgIpc) is 2.16. The van der Waals surface area contributed by atoms with Gasteiger partial charge in [-0.2, -0.15) is 23.5 Å². The summed E-state index contributed by atoms with van der Waals surface area (Å²) in [5.74, 6) is 4.21. The monoisotopic (exact) mass is 286 g/mol. The lowest BCUT2D eigenvalue weighted by atomic mass is 10.5. The summed E-state index contributed by atoms with van der Waals surface area (Å²) < 4.78 is 4.53. The van der Waals surface area contributed by atoms with Crippen molar-refractivity contribution in [1.82, 2.24) is 0 Å². The number of carbonyl (C=O) groups is 1. The summed E-state index contributed by atoms with van der Waals surface area (Å²) in [7, 11) is 1.43. The molecule has 2 nitrogen and oxygen atoms in total. The van der Waals surface area contributed by atoms with Crippen LogP contribution >= 0.6 is 39.5 Å². The van der Waals surface area contributed by atoms with Gasteiger partial charge in [0.25, 0.3) is 0 Å². The molecule has 0 aliphatic rings. The lowest BCUT2D eigenvalue weighted by molar-refractivity contribution is -0.140. The molecule has 5 heteroatoms. The number of thioether (sulfide) groups is 2. The minimum atomic E-state index is -0.111. The van der Waals surface area contributed by atoms with E-state index in [1.54, 1.807) is 0 Å². The number of ether oxygens (including phenoxy) is 1. The predicted octanol–water partition coefficient (Wildman–Crippen LogP) is 2.41. The number of hydrogen-bond donors (Lipinski definition) is 0. The second-order valence-corrected chi connectivity index (χ2v) is 5.48. The van der Waals surface area contributed by atoms with Crippen LogP contribution in [0.5, 0.6) is 0 Å². The molecule has 0 spiro atoms. The molecular formula is C8H15BrO2S2. The number of methoxy groups -OCH3 is 1. The van der Waals surface area contributed by atoms with Crippen molar-refractivity contribution in [2.75, 3.05) is 35.5 Å². The first-order valence-corrected chi connectivity index (χ1v) is 7.52. The minimum Gasteiger partial charge on any atom is -0.469 e. The first-order valence-electron chi connectivity index (χ1n) is 4.09. The first-order chi connectivity index (χ1) is 6.31. The van der Waals surface area contributed by atoms with Crippen molar-refractivity contribution in [2.45, 2.75) is 6.42 Å². The van der Waals surface area contributed by atoms with Gasteiger partial charge in [-0.15, -0.1) is 0 Å². The fourth-order valence-corrected chi connectivity index (χ4v) is 3.09. The Kier molecular flexibility index (Phi) is 11.3. The lowest BCUT2D eigenvalue weighted by Gasteiger charge is -2.00. The van der Waals surface area contributed by atoms with Crippen molar-refractivity contribution in [3.05, 3.63) is 0 Å². The fourth-order valence-electron chi connectivity index (χ4n) is 0.634. The highest BCUT2D eigenvalue weighted by Crippen LogP contribution is 2.08. The number of esters is 1. The molecule has 0 aliphatic heterocycles. The zero-order valence-electron chi connectivity index (χ0n) is 7.75. The molecule has 0 saturated heterocycles. The molecule has 0 N–H and O–H groups in total. The number of hydrogen-bond acceptors (Lipinski definition) is 4. The molecule has 0 radical (unpaired) electrons. The van der Waals surface area contributed by atoms with Gasteiger partial charge in [-0.25, -0.2) is 0 Å². The second-order valence-electron chi connectivity index (χ2n) is 2.24. The second kappa shape index (κ2) is 10.7. The van der Waals surface area contributed by atoms with Crippen molar-refractivity contribution < 1.29 is 9.53 Å². The number of rotatable bonds is 8. The molecule has 0 saturated carbocycles. The van der Waals surface area contributed by atoms with Crippen molar-refractivity contribution in [3.63, 3.8) is 0 Å². The Bertz CT molecular complexity index is 133. The molecule has 0 aromatic carbocycles. The normalized spacial score (nSPS) is 10.0. The van der Waals surface area contributed by atoms with Crippen LogP contribution in [0.1, 0.15) is 6.42 Å². The predicted molar refractivity (Wildman–Crippen MR) is 65.1 cm³/mol. The third kappa shape index (κ3) is 10.6. The largest absolute Gasteiger partial charge is 0.469 e. The molecule has 0 aromatic heterocycles. The molecule has 0 fully saturated rings. The lowest BCUT2D eigenvalue weighted by Crippen LogP contribution is -2.01. The summed E-state index contributed by atoms with van der Waals surface area (Å²) in [6.45, 7) is 0. The number of alkyl halides is 1. The van der Waals surface area contributed by atoms with E-state index in [9.17, 15) is 4.79 Å². The molecule has 0 unspecified atom stereocenters. The van der Waals surface area contributed by atoms with Crippen LogP contribution < -0.4 is 0 Å². The van der Waals surface area contributed by atoms with Gasteiger partial charge in [0, 0.05) is 28.3 Å². The van der Waals surface area contributed by atoms with Crippen LogP contribution in [0.25, 0.3) is 0 Å². The molecular weight excluding hydrogens is 272 g/mol. The van der Waals surface area contributed by atoms with E-state index in [-0.39, 0.29) is 5.97 Å². The summed E-state index contributed by atoms with van der Waals surface area (Å²) >= 11 is 7.12. The Balaban J connectivity index is 2.95. The fraction of sp³-hybridized carbons (Fsp3) is 0.875. The van der Waals surface area contributed by atoms with E-state index in [4.69, 9.17) is 0 Å².